The van der Waals surface area contributed by atoms with E-state index < -0.39 is 11.4 Å². The van der Waals surface area contributed by atoms with Gasteiger partial charge in [-0.25, -0.2) is 4.39 Å². The topological polar surface area (TPSA) is 59.0 Å². The Morgan fingerprint density at radius 2 is 2.03 bits per heavy atom. The lowest BCUT2D eigenvalue weighted by Gasteiger charge is -2.34. The van der Waals surface area contributed by atoms with E-state index in [-0.39, 0.29) is 12.4 Å². The number of allylic oxidation sites excluding steroid dienone is 5. The van der Waals surface area contributed by atoms with Gasteiger partial charge in [0.2, 0.25) is 0 Å². The molecule has 178 valence electrons. The quantitative estimate of drug-likeness (QED) is 0.422. The van der Waals surface area contributed by atoms with Crippen LogP contribution in [0.5, 0.6) is 0 Å². The van der Waals surface area contributed by atoms with Crippen molar-refractivity contribution >= 4 is 11.5 Å². The molecule has 0 radical (unpaired) electrons. The summed E-state index contributed by atoms with van der Waals surface area (Å²) in [7, 11) is 1.63. The number of ether oxygens (including phenoxy) is 2. The lowest BCUT2D eigenvalue weighted by Crippen LogP contribution is -2.42. The van der Waals surface area contributed by atoms with Gasteiger partial charge in [0, 0.05) is 31.6 Å². The number of likely N-dealkylation sites (tertiary alicyclic amines) is 1. The molecule has 0 saturated carbocycles. The predicted molar refractivity (Wildman–Crippen MR) is 128 cm³/mol. The molecule has 0 atom stereocenters. The molecule has 6 heteroatoms. The lowest BCUT2D eigenvalue weighted by molar-refractivity contribution is -0.148. The third-order valence-corrected chi connectivity index (χ3v) is 6.32. The summed E-state index contributed by atoms with van der Waals surface area (Å²) in [6, 6.07) is 4.87. The molecule has 1 N–H and O–H groups in total. The van der Waals surface area contributed by atoms with Crippen molar-refractivity contribution in [1.82, 2.24) is 4.90 Å². The first-order valence-corrected chi connectivity index (χ1v) is 11.3. The highest BCUT2D eigenvalue weighted by atomic mass is 19.1. The maximum atomic E-state index is 14.1. The van der Waals surface area contributed by atoms with Crippen LogP contribution in [-0.4, -0.2) is 42.7 Å². The standard InChI is InChI=1S/C27H34FNO4/c1-6-7-24-23(14-18(2)32-5)25(22-9-8-21(28)15-20(22)16-33-24)19-10-12-29(13-11-19)17-27(3,4)26(30)31/h6,8-9,14-15H,1,7,10-13,16-17H2,2-5H3,(H,30,31)/b18-14+. The number of carboxylic acid groups (broad SMARTS) is 1. The van der Waals surface area contributed by atoms with Crippen LogP contribution in [0.2, 0.25) is 0 Å². The average Bonchev–Trinajstić information content (AvgIpc) is 2.91. The number of hydrogen-bond donors (Lipinski definition) is 1. The Balaban J connectivity index is 2.08. The first-order chi connectivity index (χ1) is 15.7. The number of carboxylic acids is 1. The number of methoxy groups -OCH3 is 1. The fourth-order valence-electron chi connectivity index (χ4n) is 4.41. The van der Waals surface area contributed by atoms with Gasteiger partial charge in [-0.3, -0.25) is 4.79 Å². The van der Waals surface area contributed by atoms with Crippen LogP contribution in [0.4, 0.5) is 4.39 Å². The molecule has 0 unspecified atom stereocenters. The minimum absolute atomic E-state index is 0.287. The van der Waals surface area contributed by atoms with Crippen molar-refractivity contribution in [1.29, 1.82) is 0 Å². The Bertz CT molecular complexity index is 1010. The van der Waals surface area contributed by atoms with Gasteiger partial charge in [-0.15, -0.1) is 6.58 Å². The molecule has 2 aliphatic rings. The average molecular weight is 456 g/mol. The summed E-state index contributed by atoms with van der Waals surface area (Å²) >= 11 is 0. The number of piperidine rings is 1. The summed E-state index contributed by atoms with van der Waals surface area (Å²) in [5.74, 6) is 0.460. The summed E-state index contributed by atoms with van der Waals surface area (Å²) in [5.41, 5.74) is 4.24. The molecule has 1 saturated heterocycles. The van der Waals surface area contributed by atoms with E-state index in [2.05, 4.69) is 11.5 Å². The minimum atomic E-state index is -0.800. The Morgan fingerprint density at radius 1 is 1.33 bits per heavy atom. The fourth-order valence-corrected chi connectivity index (χ4v) is 4.41. The number of aliphatic carboxylic acids is 1. The van der Waals surface area contributed by atoms with Gasteiger partial charge in [0.15, 0.2) is 0 Å². The Labute approximate surface area is 195 Å². The summed E-state index contributed by atoms with van der Waals surface area (Å²) < 4.78 is 25.7. The molecule has 2 aliphatic heterocycles. The highest BCUT2D eigenvalue weighted by Crippen LogP contribution is 2.40. The zero-order chi connectivity index (χ0) is 24.2. The van der Waals surface area contributed by atoms with Gasteiger partial charge in [-0.05, 0) is 68.5 Å². The van der Waals surface area contributed by atoms with Crippen LogP contribution in [0, 0.1) is 11.2 Å². The van der Waals surface area contributed by atoms with E-state index in [1.165, 1.54) is 11.6 Å². The molecule has 5 nitrogen and oxygen atoms in total. The van der Waals surface area contributed by atoms with Crippen molar-refractivity contribution in [3.63, 3.8) is 0 Å². The van der Waals surface area contributed by atoms with Gasteiger partial charge in [-0.2, -0.15) is 0 Å². The van der Waals surface area contributed by atoms with Crippen molar-refractivity contribution in [3.05, 3.63) is 76.5 Å². The van der Waals surface area contributed by atoms with Crippen LogP contribution < -0.4 is 0 Å². The Hall–Kier alpha value is -2.86. The van der Waals surface area contributed by atoms with Gasteiger partial charge < -0.3 is 19.5 Å². The third kappa shape index (κ3) is 5.74. The van der Waals surface area contributed by atoms with E-state index in [9.17, 15) is 14.3 Å². The monoisotopic (exact) mass is 455 g/mol. The zero-order valence-corrected chi connectivity index (χ0v) is 20.0. The second-order valence-corrected chi connectivity index (χ2v) is 9.32. The van der Waals surface area contributed by atoms with Gasteiger partial charge in [0.1, 0.15) is 18.2 Å². The van der Waals surface area contributed by atoms with Crippen LogP contribution in [-0.2, 0) is 20.9 Å². The lowest BCUT2D eigenvalue weighted by atomic mass is 9.84. The third-order valence-electron chi connectivity index (χ3n) is 6.32. The van der Waals surface area contributed by atoms with Crippen molar-refractivity contribution in [2.75, 3.05) is 26.7 Å². The van der Waals surface area contributed by atoms with E-state index in [0.29, 0.717) is 13.0 Å². The van der Waals surface area contributed by atoms with E-state index in [1.54, 1.807) is 33.1 Å². The van der Waals surface area contributed by atoms with E-state index in [4.69, 9.17) is 9.47 Å². The van der Waals surface area contributed by atoms with Gasteiger partial charge in [0.25, 0.3) is 0 Å². The van der Waals surface area contributed by atoms with Crippen LogP contribution in [0.1, 0.15) is 51.2 Å². The molecule has 2 heterocycles. The number of benzene rings is 1. The molecule has 1 aromatic carbocycles. The van der Waals surface area contributed by atoms with Crippen molar-refractivity contribution < 1.29 is 23.8 Å². The fraction of sp³-hybridized carbons (Fsp3) is 0.444. The first kappa shape index (κ1) is 24.8. The number of fused-ring (bicyclic) bond motifs is 1. The zero-order valence-electron chi connectivity index (χ0n) is 20.0. The number of carbonyl (C=O) groups is 1. The second kappa shape index (κ2) is 10.4. The molecule has 0 aromatic heterocycles. The smallest absolute Gasteiger partial charge is 0.310 e. The molecule has 1 fully saturated rings. The normalized spacial score (nSPS) is 17.9. The van der Waals surface area contributed by atoms with Crippen LogP contribution >= 0.6 is 0 Å². The van der Waals surface area contributed by atoms with E-state index in [0.717, 1.165) is 59.7 Å². The summed E-state index contributed by atoms with van der Waals surface area (Å²) in [5, 5.41) is 9.50. The van der Waals surface area contributed by atoms with Gasteiger partial charge >= 0.3 is 5.97 Å². The molecule has 0 spiro atoms. The molecule has 0 amide bonds. The SMILES string of the molecule is C=CCC1=C(/C=C(\C)OC)C(=C2CCN(CC(C)(C)C(=O)O)CC2)c2ccc(F)cc2CO1. The van der Waals surface area contributed by atoms with Crippen LogP contribution in [0.3, 0.4) is 0 Å². The van der Waals surface area contributed by atoms with Crippen LogP contribution in [0.15, 0.2) is 59.6 Å². The highest BCUT2D eigenvalue weighted by Gasteiger charge is 2.32. The summed E-state index contributed by atoms with van der Waals surface area (Å²) in [4.78, 5) is 13.8. The molecular formula is C27H34FNO4. The first-order valence-electron chi connectivity index (χ1n) is 11.3. The summed E-state index contributed by atoms with van der Waals surface area (Å²) in [6.07, 6.45) is 5.94. The Kier molecular flexibility index (Phi) is 7.80. The number of hydrogen-bond acceptors (Lipinski definition) is 4. The molecule has 0 bridgehead atoms. The molecule has 33 heavy (non-hydrogen) atoms. The van der Waals surface area contributed by atoms with Crippen molar-refractivity contribution in [2.24, 2.45) is 5.41 Å². The minimum Gasteiger partial charge on any atom is -0.501 e. The summed E-state index contributed by atoms with van der Waals surface area (Å²) in [6.45, 7) is 11.6. The maximum absolute atomic E-state index is 14.1. The number of halogens is 1. The molecule has 1 aromatic rings. The molecule has 0 aliphatic carbocycles. The maximum Gasteiger partial charge on any atom is 0.310 e. The second-order valence-electron chi connectivity index (χ2n) is 9.32. The largest absolute Gasteiger partial charge is 0.501 e. The number of nitrogens with zero attached hydrogens (tertiary/aromatic N) is 1. The van der Waals surface area contributed by atoms with Crippen molar-refractivity contribution in [2.45, 2.75) is 46.6 Å². The van der Waals surface area contributed by atoms with E-state index >= 15 is 0 Å². The molecule has 3 rings (SSSR count). The van der Waals surface area contributed by atoms with Gasteiger partial charge in [-0.1, -0.05) is 17.7 Å². The molecular weight excluding hydrogens is 421 g/mol. The van der Waals surface area contributed by atoms with E-state index in [1.807, 2.05) is 19.1 Å². The predicted octanol–water partition coefficient (Wildman–Crippen LogP) is 5.70. The van der Waals surface area contributed by atoms with Crippen LogP contribution in [0.25, 0.3) is 5.57 Å². The Morgan fingerprint density at radius 3 is 2.64 bits per heavy atom. The van der Waals surface area contributed by atoms with Crippen molar-refractivity contribution in [3.8, 4) is 0 Å². The van der Waals surface area contributed by atoms with Gasteiger partial charge in [0.05, 0.1) is 18.3 Å². The number of rotatable bonds is 7. The highest BCUT2D eigenvalue weighted by molar-refractivity contribution is 5.86.